The van der Waals surface area contributed by atoms with Gasteiger partial charge in [-0.05, 0) is 44.4 Å². The number of aliphatic carboxylic acids is 1. The minimum atomic E-state index is -0.724. The first-order valence-electron chi connectivity index (χ1n) is 10.0. The van der Waals surface area contributed by atoms with Crippen LogP contribution in [0.4, 0.5) is 0 Å². The normalized spacial score (nSPS) is 29.8. The number of rotatable bonds is 12. The van der Waals surface area contributed by atoms with Gasteiger partial charge in [0.1, 0.15) is 0 Å². The second-order valence-corrected chi connectivity index (χ2v) is 7.47. The number of carboxylic acids is 1. The van der Waals surface area contributed by atoms with E-state index in [0.717, 1.165) is 38.5 Å². The largest absolute Gasteiger partial charge is 0.481 e. The summed E-state index contributed by atoms with van der Waals surface area (Å²) in [4.78, 5) is 10.5. The third-order valence-electron chi connectivity index (χ3n) is 5.48. The summed E-state index contributed by atoms with van der Waals surface area (Å²) < 4.78 is 6.09. The van der Waals surface area contributed by atoms with Crippen LogP contribution in [0.2, 0.25) is 0 Å². The van der Waals surface area contributed by atoms with Gasteiger partial charge < -0.3 is 14.9 Å². The van der Waals surface area contributed by atoms with Gasteiger partial charge in [0.25, 0.3) is 0 Å². The molecule has 2 saturated heterocycles. The Bertz CT molecular complexity index is 457. The number of unbranched alkanes of at least 4 members (excludes halogenated alkanes) is 3. The molecule has 2 rings (SSSR count). The third kappa shape index (κ3) is 6.59. The molecular formula is C21H34O4. The molecule has 2 aliphatic rings. The standard InChI is InChI=1S/C21H34O4/c1-2-3-6-9-16(22)12-13-18-17(19-14-15-20(18)25-19)10-7-4-5-8-11-21(23)24/h4,7,12-13,16-20,22H,2-3,5-6,8-11,14-15H2,1H3,(H,23,24)/b7-4-,13-12+/t16-,17+,18-,19-,20-/m0/s1. The van der Waals surface area contributed by atoms with Crippen molar-refractivity contribution in [1.29, 1.82) is 0 Å². The predicted molar refractivity (Wildman–Crippen MR) is 99.4 cm³/mol. The van der Waals surface area contributed by atoms with E-state index >= 15 is 0 Å². The van der Waals surface area contributed by atoms with Crippen molar-refractivity contribution in [1.82, 2.24) is 0 Å². The summed E-state index contributed by atoms with van der Waals surface area (Å²) in [6, 6.07) is 0. The van der Waals surface area contributed by atoms with Gasteiger partial charge in [-0.1, -0.05) is 50.5 Å². The van der Waals surface area contributed by atoms with E-state index in [2.05, 4.69) is 25.2 Å². The summed E-state index contributed by atoms with van der Waals surface area (Å²) in [6.07, 6.45) is 18.1. The zero-order valence-electron chi connectivity index (χ0n) is 15.5. The van der Waals surface area contributed by atoms with Crippen LogP contribution in [-0.2, 0) is 9.53 Å². The summed E-state index contributed by atoms with van der Waals surface area (Å²) >= 11 is 0. The van der Waals surface area contributed by atoms with Gasteiger partial charge in [0.15, 0.2) is 0 Å². The average molecular weight is 350 g/mol. The molecule has 2 N–H and O–H groups in total. The van der Waals surface area contributed by atoms with Gasteiger partial charge in [-0.25, -0.2) is 0 Å². The van der Waals surface area contributed by atoms with Crippen LogP contribution in [0.15, 0.2) is 24.3 Å². The Morgan fingerprint density at radius 2 is 2.00 bits per heavy atom. The van der Waals surface area contributed by atoms with Crippen LogP contribution in [0.1, 0.15) is 71.1 Å². The number of hydrogen-bond acceptors (Lipinski definition) is 3. The lowest BCUT2D eigenvalue weighted by molar-refractivity contribution is -0.137. The molecule has 0 aliphatic carbocycles. The van der Waals surface area contributed by atoms with Crippen molar-refractivity contribution in [3.63, 3.8) is 0 Å². The number of carboxylic acid groups (broad SMARTS) is 1. The van der Waals surface area contributed by atoms with Gasteiger partial charge in [-0.15, -0.1) is 0 Å². The molecule has 0 spiro atoms. The van der Waals surface area contributed by atoms with Gasteiger partial charge in [0.05, 0.1) is 18.3 Å². The van der Waals surface area contributed by atoms with E-state index in [1.807, 2.05) is 6.08 Å². The Morgan fingerprint density at radius 1 is 1.20 bits per heavy atom. The highest BCUT2D eigenvalue weighted by atomic mass is 16.5. The van der Waals surface area contributed by atoms with Gasteiger partial charge in [0.2, 0.25) is 0 Å². The summed E-state index contributed by atoms with van der Waals surface area (Å²) in [5.41, 5.74) is 0. The average Bonchev–Trinajstić information content (AvgIpc) is 3.17. The first-order valence-corrected chi connectivity index (χ1v) is 10.0. The molecule has 2 aliphatic heterocycles. The monoisotopic (exact) mass is 350 g/mol. The molecule has 4 heteroatoms. The Balaban J connectivity index is 1.78. The fourth-order valence-electron chi connectivity index (χ4n) is 4.09. The van der Waals surface area contributed by atoms with Gasteiger partial charge in [-0.3, -0.25) is 4.79 Å². The van der Waals surface area contributed by atoms with E-state index in [-0.39, 0.29) is 12.5 Å². The quantitative estimate of drug-likeness (QED) is 0.402. The molecule has 2 fully saturated rings. The van der Waals surface area contributed by atoms with Crippen LogP contribution in [0, 0.1) is 11.8 Å². The molecular weight excluding hydrogens is 316 g/mol. The highest BCUT2D eigenvalue weighted by molar-refractivity contribution is 5.66. The van der Waals surface area contributed by atoms with E-state index in [0.29, 0.717) is 30.5 Å². The zero-order valence-corrected chi connectivity index (χ0v) is 15.5. The van der Waals surface area contributed by atoms with Crippen molar-refractivity contribution >= 4 is 5.97 Å². The van der Waals surface area contributed by atoms with Gasteiger partial charge in [-0.2, -0.15) is 0 Å². The van der Waals surface area contributed by atoms with Crippen molar-refractivity contribution in [2.24, 2.45) is 11.8 Å². The Kier molecular flexibility index (Phi) is 8.70. The van der Waals surface area contributed by atoms with Gasteiger partial charge in [0, 0.05) is 12.3 Å². The zero-order chi connectivity index (χ0) is 18.1. The SMILES string of the molecule is CCCCC[C@H](O)/C=C/[C@H]1[C@@H](C/C=C\CCCC(=O)O)[C@@H]2CC[C@@H]1O2. The predicted octanol–water partition coefficient (Wildman–Crippen LogP) is 4.48. The molecule has 0 amide bonds. The topological polar surface area (TPSA) is 66.8 Å². The number of carbonyl (C=O) groups is 1. The van der Waals surface area contributed by atoms with Crippen molar-refractivity contribution in [2.75, 3.05) is 0 Å². The molecule has 0 aromatic carbocycles. The van der Waals surface area contributed by atoms with E-state index in [4.69, 9.17) is 9.84 Å². The lowest BCUT2D eigenvalue weighted by atomic mass is 9.77. The van der Waals surface area contributed by atoms with Gasteiger partial charge >= 0.3 is 5.97 Å². The third-order valence-corrected chi connectivity index (χ3v) is 5.48. The maximum absolute atomic E-state index is 10.5. The number of fused-ring (bicyclic) bond motifs is 2. The molecule has 142 valence electrons. The number of aliphatic hydroxyl groups is 1. The highest BCUT2D eigenvalue weighted by Gasteiger charge is 2.46. The van der Waals surface area contributed by atoms with Crippen LogP contribution in [0.5, 0.6) is 0 Å². The number of ether oxygens (including phenoxy) is 1. The molecule has 2 heterocycles. The second-order valence-electron chi connectivity index (χ2n) is 7.47. The minimum absolute atomic E-state index is 0.239. The lowest BCUT2D eigenvalue weighted by Gasteiger charge is -2.25. The fourth-order valence-corrected chi connectivity index (χ4v) is 4.09. The lowest BCUT2D eigenvalue weighted by Crippen LogP contribution is -2.25. The molecule has 0 saturated carbocycles. The van der Waals surface area contributed by atoms with E-state index in [1.165, 1.54) is 12.8 Å². The molecule has 4 nitrogen and oxygen atoms in total. The molecule has 0 aromatic rings. The van der Waals surface area contributed by atoms with Crippen LogP contribution >= 0.6 is 0 Å². The number of allylic oxidation sites excluding steroid dienone is 2. The minimum Gasteiger partial charge on any atom is -0.481 e. The van der Waals surface area contributed by atoms with Crippen molar-refractivity contribution in [3.05, 3.63) is 24.3 Å². The molecule has 5 atom stereocenters. The molecule has 25 heavy (non-hydrogen) atoms. The van der Waals surface area contributed by atoms with Crippen LogP contribution in [0.25, 0.3) is 0 Å². The maximum Gasteiger partial charge on any atom is 0.303 e. The van der Waals surface area contributed by atoms with E-state index in [1.54, 1.807) is 0 Å². The highest BCUT2D eigenvalue weighted by Crippen LogP contribution is 2.45. The first-order chi connectivity index (χ1) is 12.1. The Hall–Kier alpha value is -1.13. The summed E-state index contributed by atoms with van der Waals surface area (Å²) in [5.74, 6) is 0.175. The van der Waals surface area contributed by atoms with Crippen LogP contribution in [0.3, 0.4) is 0 Å². The summed E-state index contributed by atoms with van der Waals surface area (Å²) in [6.45, 7) is 2.18. The van der Waals surface area contributed by atoms with Crippen molar-refractivity contribution in [3.8, 4) is 0 Å². The molecule has 0 unspecified atom stereocenters. The Morgan fingerprint density at radius 3 is 2.76 bits per heavy atom. The van der Waals surface area contributed by atoms with E-state index in [9.17, 15) is 9.90 Å². The Labute approximate surface area is 152 Å². The van der Waals surface area contributed by atoms with Crippen molar-refractivity contribution in [2.45, 2.75) is 89.4 Å². The van der Waals surface area contributed by atoms with Crippen LogP contribution in [-0.4, -0.2) is 34.5 Å². The first kappa shape index (κ1) is 20.2. The smallest absolute Gasteiger partial charge is 0.303 e. The second kappa shape index (κ2) is 10.8. The van der Waals surface area contributed by atoms with E-state index < -0.39 is 5.97 Å². The fraction of sp³-hybridized carbons (Fsp3) is 0.762. The molecule has 2 bridgehead atoms. The summed E-state index contributed by atoms with van der Waals surface area (Å²) in [5, 5.41) is 18.8. The molecule has 0 radical (unpaired) electrons. The summed E-state index contributed by atoms with van der Waals surface area (Å²) in [7, 11) is 0. The number of aliphatic hydroxyl groups excluding tert-OH is 1. The maximum atomic E-state index is 10.5. The van der Waals surface area contributed by atoms with Crippen LogP contribution < -0.4 is 0 Å². The molecule has 0 aromatic heterocycles. The number of hydrogen-bond donors (Lipinski definition) is 2. The van der Waals surface area contributed by atoms with Crippen molar-refractivity contribution < 1.29 is 19.7 Å².